The third-order valence-corrected chi connectivity index (χ3v) is 7.35. The van der Waals surface area contributed by atoms with E-state index in [1.54, 1.807) is 18.5 Å². The van der Waals surface area contributed by atoms with Gasteiger partial charge >= 0.3 is 0 Å². The number of pyridine rings is 2. The molecule has 0 radical (unpaired) electrons. The van der Waals surface area contributed by atoms with E-state index in [-0.39, 0.29) is 11.0 Å². The number of aromatic amines is 1. The Labute approximate surface area is 228 Å². The Morgan fingerprint density at radius 1 is 1.13 bits per heavy atom. The van der Waals surface area contributed by atoms with E-state index < -0.39 is 0 Å². The first-order valence-electron chi connectivity index (χ1n) is 12.8. The van der Waals surface area contributed by atoms with Crippen molar-refractivity contribution in [2.24, 2.45) is 4.99 Å². The molecule has 39 heavy (non-hydrogen) atoms. The van der Waals surface area contributed by atoms with Crippen LogP contribution in [-0.4, -0.2) is 44.6 Å². The summed E-state index contributed by atoms with van der Waals surface area (Å²) >= 11 is 1.10. The molecule has 196 valence electrons. The van der Waals surface area contributed by atoms with Gasteiger partial charge in [-0.05, 0) is 42.3 Å². The van der Waals surface area contributed by atoms with Crippen molar-refractivity contribution in [3.8, 4) is 21.7 Å². The summed E-state index contributed by atoms with van der Waals surface area (Å²) in [5.41, 5.74) is 7.00. The Kier molecular flexibility index (Phi) is 6.95. The van der Waals surface area contributed by atoms with Crippen molar-refractivity contribution in [1.29, 1.82) is 0 Å². The molecule has 0 aliphatic carbocycles. The molecular weight excluding hydrogens is 513 g/mol. The maximum Gasteiger partial charge on any atom is 0.224 e. The Morgan fingerprint density at radius 3 is 2.90 bits per heavy atom. The van der Waals surface area contributed by atoms with Crippen molar-refractivity contribution in [2.45, 2.75) is 26.3 Å². The molecule has 0 saturated carbocycles. The monoisotopic (exact) mass is 539 g/mol. The summed E-state index contributed by atoms with van der Waals surface area (Å²) in [7, 11) is 0. The second kappa shape index (κ2) is 10.8. The van der Waals surface area contributed by atoms with Crippen LogP contribution in [0.4, 0.5) is 10.1 Å². The molecule has 0 saturated heterocycles. The molecule has 1 amide bonds. The van der Waals surface area contributed by atoms with E-state index >= 15 is 0 Å². The number of benzene rings is 1. The molecule has 0 atom stereocenters. The topological polar surface area (TPSA) is 108 Å². The summed E-state index contributed by atoms with van der Waals surface area (Å²) in [5, 5.41) is 6.08. The first-order chi connectivity index (χ1) is 19.1. The zero-order valence-corrected chi connectivity index (χ0v) is 22.1. The minimum atomic E-state index is -0.233. The summed E-state index contributed by atoms with van der Waals surface area (Å²) in [5.74, 6) is 0.568. The lowest BCUT2D eigenvalue weighted by molar-refractivity contribution is -0.116. The number of carbonyl (C=O) groups excluding carboxylic acids is 1. The van der Waals surface area contributed by atoms with E-state index in [9.17, 15) is 9.18 Å². The lowest BCUT2D eigenvalue weighted by Gasteiger charge is -2.16. The summed E-state index contributed by atoms with van der Waals surface area (Å²) in [6.45, 7) is 3.91. The van der Waals surface area contributed by atoms with Gasteiger partial charge in [0.25, 0.3) is 0 Å². The zero-order chi connectivity index (χ0) is 26.8. The fraction of sp³-hybridized carbons (Fsp3) is 0.207. The number of imidazole rings is 1. The smallest absolute Gasteiger partial charge is 0.224 e. The van der Waals surface area contributed by atoms with Gasteiger partial charge in [-0.25, -0.2) is 9.97 Å². The number of anilines is 1. The number of amides is 1. The molecule has 0 bridgehead atoms. The number of rotatable bonds is 6. The van der Waals surface area contributed by atoms with Crippen LogP contribution < -0.4 is 10.6 Å². The molecule has 1 aromatic carbocycles. The standard InChI is InChI=1S/C29H26FN7OS/c1-2-4-25(38)34-19-13-18(15-32-16-19)21-8-7-17-14-31-11-12-33-28(26(17)35-21)29-36-22-6-3-5-20(27(22)37-29)23-9-10-24(30)39-23/h3,5-10,13,15-16,31H,2,4,11-12,14H2,1H3,(H,34,38)(H,36,37). The molecule has 5 aromatic rings. The van der Waals surface area contributed by atoms with E-state index in [4.69, 9.17) is 15.0 Å². The number of nitrogens with one attached hydrogen (secondary N) is 3. The van der Waals surface area contributed by atoms with Gasteiger partial charge in [0.05, 0.1) is 40.9 Å². The first kappa shape index (κ1) is 25.0. The van der Waals surface area contributed by atoms with Gasteiger partial charge in [-0.3, -0.25) is 14.8 Å². The maximum atomic E-state index is 13.8. The molecule has 1 aliphatic heterocycles. The summed E-state index contributed by atoms with van der Waals surface area (Å²) in [6, 6.07) is 15.0. The van der Waals surface area contributed by atoms with Gasteiger partial charge in [0.15, 0.2) is 11.0 Å². The Bertz CT molecular complexity index is 1710. The number of aliphatic imine (C=N–C) groups is 1. The Morgan fingerprint density at radius 2 is 2.05 bits per heavy atom. The van der Waals surface area contributed by atoms with Crippen LogP contribution in [0.5, 0.6) is 0 Å². The number of carbonyl (C=O) groups is 1. The second-order valence-corrected chi connectivity index (χ2v) is 10.3. The predicted octanol–water partition coefficient (Wildman–Crippen LogP) is 5.57. The van der Waals surface area contributed by atoms with Crippen molar-refractivity contribution >= 4 is 39.7 Å². The minimum Gasteiger partial charge on any atom is -0.337 e. The van der Waals surface area contributed by atoms with E-state index in [0.29, 0.717) is 42.4 Å². The van der Waals surface area contributed by atoms with Crippen LogP contribution in [0.1, 0.15) is 36.8 Å². The highest BCUT2D eigenvalue weighted by Gasteiger charge is 2.21. The number of hydrogen-bond acceptors (Lipinski definition) is 7. The number of nitrogens with zero attached hydrogens (tertiary/aromatic N) is 4. The van der Waals surface area contributed by atoms with Gasteiger partial charge in [-0.2, -0.15) is 4.39 Å². The van der Waals surface area contributed by atoms with Crippen molar-refractivity contribution < 1.29 is 9.18 Å². The Hall–Kier alpha value is -4.28. The molecule has 8 nitrogen and oxygen atoms in total. The van der Waals surface area contributed by atoms with Crippen molar-refractivity contribution in [1.82, 2.24) is 25.3 Å². The maximum absolute atomic E-state index is 13.8. The van der Waals surface area contributed by atoms with Gasteiger partial charge in [-0.1, -0.05) is 25.1 Å². The minimum absolute atomic E-state index is 0.0439. The van der Waals surface area contributed by atoms with Crippen LogP contribution in [0.25, 0.3) is 32.7 Å². The van der Waals surface area contributed by atoms with Crippen LogP contribution >= 0.6 is 11.3 Å². The van der Waals surface area contributed by atoms with E-state index in [1.807, 2.05) is 43.3 Å². The lowest BCUT2D eigenvalue weighted by atomic mass is 10.0. The number of hydrogen-bond donors (Lipinski definition) is 3. The second-order valence-electron chi connectivity index (χ2n) is 9.26. The van der Waals surface area contributed by atoms with Crippen molar-refractivity contribution in [2.75, 3.05) is 18.4 Å². The number of thiophene rings is 1. The van der Waals surface area contributed by atoms with Crippen molar-refractivity contribution in [3.05, 3.63) is 83.1 Å². The third-order valence-electron chi connectivity index (χ3n) is 6.45. The lowest BCUT2D eigenvalue weighted by Crippen LogP contribution is -2.24. The predicted molar refractivity (Wildman–Crippen MR) is 153 cm³/mol. The van der Waals surface area contributed by atoms with Crippen LogP contribution in [0.3, 0.4) is 0 Å². The Balaban J connectivity index is 1.42. The van der Waals surface area contributed by atoms with Crippen LogP contribution in [-0.2, 0) is 11.3 Å². The molecule has 0 unspecified atom stereocenters. The normalized spacial score (nSPS) is 13.4. The van der Waals surface area contributed by atoms with Crippen LogP contribution in [0.15, 0.2) is 65.9 Å². The van der Waals surface area contributed by atoms with E-state index in [2.05, 4.69) is 20.6 Å². The zero-order valence-electron chi connectivity index (χ0n) is 21.3. The van der Waals surface area contributed by atoms with Crippen molar-refractivity contribution in [3.63, 3.8) is 0 Å². The highest BCUT2D eigenvalue weighted by atomic mass is 32.1. The number of halogens is 1. The number of aromatic nitrogens is 4. The van der Waals surface area contributed by atoms with Gasteiger partial charge in [0.2, 0.25) is 5.91 Å². The average molecular weight is 540 g/mol. The summed E-state index contributed by atoms with van der Waals surface area (Å²) in [6.07, 6.45) is 4.59. The molecule has 0 spiro atoms. The highest BCUT2D eigenvalue weighted by molar-refractivity contribution is 7.14. The molecule has 10 heteroatoms. The van der Waals surface area contributed by atoms with Gasteiger partial charge in [0, 0.05) is 41.7 Å². The molecule has 4 aromatic heterocycles. The van der Waals surface area contributed by atoms with Crippen LogP contribution in [0.2, 0.25) is 0 Å². The number of fused-ring (bicyclic) bond motifs is 2. The molecule has 0 fully saturated rings. The summed E-state index contributed by atoms with van der Waals surface area (Å²) in [4.78, 5) is 35.5. The third kappa shape index (κ3) is 5.21. The fourth-order valence-corrected chi connectivity index (χ4v) is 5.39. The van der Waals surface area contributed by atoms with E-state index in [1.165, 1.54) is 6.07 Å². The van der Waals surface area contributed by atoms with Gasteiger partial charge in [-0.15, -0.1) is 11.3 Å². The quantitative estimate of drug-likeness (QED) is 0.262. The average Bonchev–Trinajstić information content (AvgIpc) is 3.55. The molecular formula is C29H26FN7OS. The number of H-pyrrole nitrogens is 1. The fourth-order valence-electron chi connectivity index (χ4n) is 4.63. The largest absolute Gasteiger partial charge is 0.337 e. The molecule has 5 heterocycles. The number of para-hydroxylation sites is 1. The van der Waals surface area contributed by atoms with E-state index in [0.717, 1.165) is 62.6 Å². The van der Waals surface area contributed by atoms with Gasteiger partial charge < -0.3 is 15.6 Å². The summed E-state index contributed by atoms with van der Waals surface area (Å²) < 4.78 is 13.8. The van der Waals surface area contributed by atoms with Crippen LogP contribution in [0, 0.1) is 5.13 Å². The molecule has 1 aliphatic rings. The van der Waals surface area contributed by atoms with Gasteiger partial charge in [0.1, 0.15) is 5.71 Å². The molecule has 3 N–H and O–H groups in total. The first-order valence-corrected chi connectivity index (χ1v) is 13.7. The molecule has 6 rings (SSSR count). The highest BCUT2D eigenvalue weighted by Crippen LogP contribution is 2.33. The SMILES string of the molecule is CCCC(=O)Nc1cncc(-c2ccc3c(n2)C(c2nc4c(-c5ccc(F)s5)cccc4[nH]2)=NCCNC3)c1.